The first-order valence-corrected chi connectivity index (χ1v) is 9.76. The van der Waals surface area contributed by atoms with Gasteiger partial charge in [0.15, 0.2) is 0 Å². The number of rotatable bonds is 15. The molecule has 1 aromatic heterocycles. The van der Waals surface area contributed by atoms with Crippen molar-refractivity contribution in [3.63, 3.8) is 0 Å². The van der Waals surface area contributed by atoms with Crippen molar-refractivity contribution in [1.82, 2.24) is 15.0 Å². The van der Waals surface area contributed by atoms with Crippen LogP contribution in [0.25, 0.3) is 0 Å². The van der Waals surface area contributed by atoms with E-state index in [1.54, 1.807) is 20.8 Å². The molecule has 3 unspecified atom stereocenters. The molecule has 1 aromatic rings. The van der Waals surface area contributed by atoms with E-state index in [1.165, 1.54) is 0 Å². The largest absolute Gasteiger partial charge is 0.481 e. The van der Waals surface area contributed by atoms with Gasteiger partial charge in [-0.15, -0.1) is 0 Å². The smallest absolute Gasteiger partial charge is 0.306 e. The Bertz CT molecular complexity index is 624. The molecule has 0 aromatic carbocycles. The maximum absolute atomic E-state index is 10.9. The monoisotopic (exact) mass is 426 g/mol. The van der Waals surface area contributed by atoms with Crippen molar-refractivity contribution in [3.05, 3.63) is 0 Å². The summed E-state index contributed by atoms with van der Waals surface area (Å²) >= 11 is 0. The number of hydrogen-bond donors (Lipinski definition) is 6. The summed E-state index contributed by atoms with van der Waals surface area (Å²) in [6.07, 6.45) is 1.12. The van der Waals surface area contributed by atoms with Gasteiger partial charge in [0.25, 0.3) is 0 Å². The molecule has 0 saturated carbocycles. The van der Waals surface area contributed by atoms with E-state index >= 15 is 0 Å². The zero-order chi connectivity index (χ0) is 22.7. The van der Waals surface area contributed by atoms with Gasteiger partial charge in [0.05, 0.1) is 17.8 Å². The van der Waals surface area contributed by atoms with Crippen molar-refractivity contribution in [1.29, 1.82) is 0 Å². The third kappa shape index (κ3) is 9.34. The van der Waals surface area contributed by atoms with Crippen LogP contribution in [0.5, 0.6) is 0 Å². The second-order valence-electron chi connectivity index (χ2n) is 7.17. The highest BCUT2D eigenvalue weighted by atomic mass is 16.4. The van der Waals surface area contributed by atoms with Gasteiger partial charge in [0.2, 0.25) is 17.8 Å². The number of nitrogens with one attached hydrogen (secondary N) is 3. The minimum absolute atomic E-state index is 0.227. The molecular formula is C18H30N6O6. The predicted molar refractivity (Wildman–Crippen MR) is 110 cm³/mol. The Morgan fingerprint density at radius 1 is 0.633 bits per heavy atom. The predicted octanol–water partition coefficient (Wildman–Crippen LogP) is 1.44. The average molecular weight is 426 g/mol. The van der Waals surface area contributed by atoms with E-state index in [1.807, 2.05) is 0 Å². The van der Waals surface area contributed by atoms with Gasteiger partial charge in [0, 0.05) is 19.6 Å². The number of nitrogens with zero attached hydrogens (tertiary/aromatic N) is 3. The van der Waals surface area contributed by atoms with E-state index in [-0.39, 0.29) is 17.8 Å². The zero-order valence-electron chi connectivity index (χ0n) is 17.4. The normalized spacial score (nSPS) is 13.7. The third-order valence-electron chi connectivity index (χ3n) is 4.48. The van der Waals surface area contributed by atoms with Crippen molar-refractivity contribution < 1.29 is 29.7 Å². The van der Waals surface area contributed by atoms with Crippen molar-refractivity contribution in [2.45, 2.75) is 40.0 Å². The highest BCUT2D eigenvalue weighted by Crippen LogP contribution is 2.12. The molecule has 12 nitrogen and oxygen atoms in total. The Morgan fingerprint density at radius 2 is 0.867 bits per heavy atom. The van der Waals surface area contributed by atoms with Crippen molar-refractivity contribution in [2.75, 3.05) is 35.6 Å². The average Bonchev–Trinajstić information content (AvgIpc) is 2.67. The first-order valence-electron chi connectivity index (χ1n) is 9.76. The van der Waals surface area contributed by atoms with Crippen molar-refractivity contribution in [3.8, 4) is 0 Å². The van der Waals surface area contributed by atoms with Gasteiger partial charge in [-0.05, 0) is 19.3 Å². The van der Waals surface area contributed by atoms with Crippen molar-refractivity contribution in [2.24, 2.45) is 17.8 Å². The van der Waals surface area contributed by atoms with E-state index in [2.05, 4.69) is 30.9 Å². The minimum atomic E-state index is -0.891. The van der Waals surface area contributed by atoms with Crippen LogP contribution in [0.1, 0.15) is 40.0 Å². The lowest BCUT2D eigenvalue weighted by Crippen LogP contribution is -2.19. The van der Waals surface area contributed by atoms with Crippen LogP contribution in [-0.2, 0) is 14.4 Å². The topological polar surface area (TPSA) is 187 Å². The molecule has 168 valence electrons. The molecule has 0 spiro atoms. The summed E-state index contributed by atoms with van der Waals surface area (Å²) in [5, 5.41) is 35.7. The van der Waals surface area contributed by atoms with Crippen LogP contribution in [0.3, 0.4) is 0 Å². The second-order valence-corrected chi connectivity index (χ2v) is 7.17. The number of anilines is 3. The fourth-order valence-electron chi connectivity index (χ4n) is 2.18. The fraction of sp³-hybridized carbons (Fsp3) is 0.667. The molecule has 6 N–H and O–H groups in total. The highest BCUT2D eigenvalue weighted by molar-refractivity contribution is 5.70. The molecule has 0 aliphatic heterocycles. The molecule has 30 heavy (non-hydrogen) atoms. The molecular weight excluding hydrogens is 396 g/mol. The summed E-state index contributed by atoms with van der Waals surface area (Å²) in [4.78, 5) is 45.4. The summed E-state index contributed by atoms with van der Waals surface area (Å²) in [5.41, 5.74) is 0. The van der Waals surface area contributed by atoms with Crippen LogP contribution < -0.4 is 16.0 Å². The molecule has 0 radical (unpaired) electrons. The Kier molecular flexibility index (Phi) is 10.3. The summed E-state index contributed by atoms with van der Waals surface area (Å²) in [6, 6.07) is 0. The van der Waals surface area contributed by atoms with Gasteiger partial charge >= 0.3 is 17.9 Å². The second kappa shape index (κ2) is 12.4. The Balaban J connectivity index is 2.76. The molecule has 1 heterocycles. The van der Waals surface area contributed by atoms with E-state index in [0.717, 1.165) is 0 Å². The lowest BCUT2D eigenvalue weighted by atomic mass is 10.1. The number of carbonyl (C=O) groups is 3. The maximum Gasteiger partial charge on any atom is 0.306 e. The first kappa shape index (κ1) is 24.9. The van der Waals surface area contributed by atoms with Gasteiger partial charge < -0.3 is 31.3 Å². The molecule has 0 saturated heterocycles. The van der Waals surface area contributed by atoms with E-state index in [0.29, 0.717) is 38.9 Å². The lowest BCUT2D eigenvalue weighted by molar-refractivity contribution is -0.142. The number of carboxylic acids is 3. The minimum Gasteiger partial charge on any atom is -0.481 e. The van der Waals surface area contributed by atoms with Crippen LogP contribution >= 0.6 is 0 Å². The van der Waals surface area contributed by atoms with Crippen LogP contribution in [0.15, 0.2) is 0 Å². The molecule has 3 atom stereocenters. The Morgan fingerprint density at radius 3 is 1.07 bits per heavy atom. The number of hydrogen-bond acceptors (Lipinski definition) is 9. The third-order valence-corrected chi connectivity index (χ3v) is 4.48. The van der Waals surface area contributed by atoms with Crippen LogP contribution in [0, 0.1) is 17.8 Å². The summed E-state index contributed by atoms with van der Waals surface area (Å²) in [6.45, 7) is 5.81. The molecule has 0 fully saturated rings. The summed E-state index contributed by atoms with van der Waals surface area (Å²) in [7, 11) is 0. The lowest BCUT2D eigenvalue weighted by Gasteiger charge is -2.13. The maximum atomic E-state index is 10.9. The van der Waals surface area contributed by atoms with E-state index in [9.17, 15) is 14.4 Å². The van der Waals surface area contributed by atoms with E-state index < -0.39 is 35.7 Å². The molecule has 0 bridgehead atoms. The Hall–Kier alpha value is -3.18. The zero-order valence-corrected chi connectivity index (χ0v) is 17.4. The highest BCUT2D eigenvalue weighted by Gasteiger charge is 2.14. The van der Waals surface area contributed by atoms with Crippen molar-refractivity contribution >= 4 is 35.8 Å². The van der Waals surface area contributed by atoms with Gasteiger partial charge in [-0.25, -0.2) is 0 Å². The van der Waals surface area contributed by atoms with E-state index in [4.69, 9.17) is 15.3 Å². The Labute approximate surface area is 174 Å². The van der Waals surface area contributed by atoms with Gasteiger partial charge in [-0.1, -0.05) is 20.8 Å². The standard InChI is InChI=1S/C18H30N6O6/c1-10(13(25)26)4-7-19-16-22-17(20-8-5-11(2)14(27)28)24-18(23-16)21-9-6-12(3)15(29)30/h10-12H,4-9H2,1-3H3,(H,25,26)(H,27,28)(H,29,30)(H3,19,20,21,22,23,24). The number of carboxylic acid groups (broad SMARTS) is 3. The van der Waals surface area contributed by atoms with Gasteiger partial charge in [-0.2, -0.15) is 15.0 Å². The van der Waals surface area contributed by atoms with Crippen LogP contribution in [0.4, 0.5) is 17.8 Å². The molecule has 0 amide bonds. The number of aliphatic carboxylic acids is 3. The fourth-order valence-corrected chi connectivity index (χ4v) is 2.18. The quantitative estimate of drug-likeness (QED) is 0.237. The van der Waals surface area contributed by atoms with Crippen LogP contribution in [-0.4, -0.2) is 67.8 Å². The van der Waals surface area contributed by atoms with Crippen LogP contribution in [0.2, 0.25) is 0 Å². The SMILES string of the molecule is CC(CCNc1nc(NCCC(C)C(=O)O)nc(NCCC(C)C(=O)O)n1)C(=O)O. The number of aromatic nitrogens is 3. The summed E-state index contributed by atoms with van der Waals surface area (Å²) in [5.74, 6) is -3.56. The first-order chi connectivity index (χ1) is 14.1. The molecule has 1 rings (SSSR count). The summed E-state index contributed by atoms with van der Waals surface area (Å²) < 4.78 is 0. The molecule has 0 aliphatic rings. The molecule has 0 aliphatic carbocycles. The van der Waals surface area contributed by atoms with Gasteiger partial charge in [-0.3, -0.25) is 14.4 Å². The van der Waals surface area contributed by atoms with Gasteiger partial charge in [0.1, 0.15) is 0 Å². The molecule has 12 heteroatoms.